The number of nitrogens with one attached hydrogen (secondary N) is 1. The molecule has 1 aliphatic heterocycles. The van der Waals surface area contributed by atoms with Gasteiger partial charge in [-0.1, -0.05) is 6.42 Å². The first-order valence-corrected chi connectivity index (χ1v) is 8.46. The lowest BCUT2D eigenvalue weighted by Crippen LogP contribution is -2.43. The molecule has 0 radical (unpaired) electrons. The van der Waals surface area contributed by atoms with Crippen LogP contribution in [0.1, 0.15) is 50.5 Å². The van der Waals surface area contributed by atoms with Gasteiger partial charge in [0.2, 0.25) is 0 Å². The summed E-state index contributed by atoms with van der Waals surface area (Å²) >= 11 is 0. The van der Waals surface area contributed by atoms with E-state index in [1.165, 1.54) is 51.1 Å². The van der Waals surface area contributed by atoms with Crippen molar-refractivity contribution in [2.75, 3.05) is 11.4 Å². The molecule has 21 heavy (non-hydrogen) atoms. The molecule has 4 heteroatoms. The van der Waals surface area contributed by atoms with Gasteiger partial charge in [0.05, 0.1) is 6.20 Å². The van der Waals surface area contributed by atoms with Gasteiger partial charge in [0.1, 0.15) is 11.6 Å². The molecular weight excluding hydrogens is 265 g/mol. The van der Waals surface area contributed by atoms with Crippen LogP contribution in [0.5, 0.6) is 0 Å². The van der Waals surface area contributed by atoms with Crippen molar-refractivity contribution in [1.29, 1.82) is 0 Å². The van der Waals surface area contributed by atoms with Crippen LogP contribution in [0.2, 0.25) is 0 Å². The van der Waals surface area contributed by atoms with Crippen LogP contribution in [0.25, 0.3) is 0 Å². The average molecular weight is 289 g/mol. The summed E-state index contributed by atoms with van der Waals surface area (Å²) in [6.07, 6.45) is 10.5. The number of aromatic nitrogens is 1. The molecule has 2 atom stereocenters. The summed E-state index contributed by atoms with van der Waals surface area (Å²) in [5, 5.41) is 3.51. The van der Waals surface area contributed by atoms with E-state index in [9.17, 15) is 4.39 Å². The molecule has 2 unspecified atom stereocenters. The molecule has 1 saturated heterocycles. The lowest BCUT2D eigenvalue weighted by molar-refractivity contribution is 0.359. The molecule has 0 amide bonds. The Morgan fingerprint density at radius 2 is 2.05 bits per heavy atom. The fourth-order valence-corrected chi connectivity index (χ4v) is 4.12. The Labute approximate surface area is 125 Å². The first-order chi connectivity index (χ1) is 10.3. The molecule has 0 bridgehead atoms. The number of hydrogen-bond acceptors (Lipinski definition) is 3. The van der Waals surface area contributed by atoms with Crippen molar-refractivity contribution in [2.24, 2.45) is 5.92 Å². The fraction of sp³-hybridized carbons (Fsp3) is 0.706. The Balaban J connectivity index is 1.59. The molecular formula is C17H24FN3. The second-order valence-electron chi connectivity index (χ2n) is 6.89. The molecule has 2 saturated carbocycles. The molecule has 2 heterocycles. The van der Waals surface area contributed by atoms with E-state index < -0.39 is 0 Å². The second kappa shape index (κ2) is 5.56. The highest BCUT2D eigenvalue weighted by Gasteiger charge is 2.36. The predicted molar refractivity (Wildman–Crippen MR) is 81.8 cm³/mol. The van der Waals surface area contributed by atoms with Crippen LogP contribution < -0.4 is 10.2 Å². The van der Waals surface area contributed by atoms with Gasteiger partial charge in [0.15, 0.2) is 0 Å². The van der Waals surface area contributed by atoms with Gasteiger partial charge in [-0.15, -0.1) is 0 Å². The number of fused-ring (bicyclic) bond motifs is 1. The molecule has 0 spiro atoms. The standard InChI is InChI=1S/C17H24FN3/c18-14-9-13(10-19-15-6-7-15)17(20-11-14)21-8-2-4-12-3-1-5-16(12)21/h9,11-12,15-16,19H,1-8,10H2. The lowest BCUT2D eigenvalue weighted by Gasteiger charge is -2.39. The Bertz CT molecular complexity index is 515. The number of pyridine rings is 1. The van der Waals surface area contributed by atoms with Crippen LogP contribution in [0, 0.1) is 11.7 Å². The number of halogens is 1. The predicted octanol–water partition coefficient (Wildman–Crippen LogP) is 3.24. The number of rotatable bonds is 4. The smallest absolute Gasteiger partial charge is 0.141 e. The third-order valence-electron chi connectivity index (χ3n) is 5.33. The van der Waals surface area contributed by atoms with E-state index in [1.807, 2.05) is 0 Å². The van der Waals surface area contributed by atoms with E-state index in [2.05, 4.69) is 15.2 Å². The van der Waals surface area contributed by atoms with E-state index in [4.69, 9.17) is 0 Å². The van der Waals surface area contributed by atoms with E-state index >= 15 is 0 Å². The summed E-state index contributed by atoms with van der Waals surface area (Å²) in [4.78, 5) is 6.95. The quantitative estimate of drug-likeness (QED) is 0.922. The monoisotopic (exact) mass is 289 g/mol. The van der Waals surface area contributed by atoms with Gasteiger partial charge in [-0.25, -0.2) is 9.37 Å². The molecule has 114 valence electrons. The minimum Gasteiger partial charge on any atom is -0.353 e. The zero-order chi connectivity index (χ0) is 14.2. The van der Waals surface area contributed by atoms with Crippen molar-refractivity contribution >= 4 is 5.82 Å². The van der Waals surface area contributed by atoms with Crippen molar-refractivity contribution in [3.8, 4) is 0 Å². The summed E-state index contributed by atoms with van der Waals surface area (Å²) in [5.41, 5.74) is 1.04. The maximum absolute atomic E-state index is 13.6. The largest absolute Gasteiger partial charge is 0.353 e. The zero-order valence-electron chi connectivity index (χ0n) is 12.5. The van der Waals surface area contributed by atoms with Crippen LogP contribution in [-0.2, 0) is 6.54 Å². The van der Waals surface area contributed by atoms with Crippen molar-refractivity contribution in [1.82, 2.24) is 10.3 Å². The Hall–Kier alpha value is -1.16. The molecule has 1 aromatic heterocycles. The van der Waals surface area contributed by atoms with Crippen LogP contribution >= 0.6 is 0 Å². The number of piperidine rings is 1. The van der Waals surface area contributed by atoms with Gasteiger partial charge in [-0.3, -0.25) is 0 Å². The van der Waals surface area contributed by atoms with Gasteiger partial charge in [0, 0.05) is 30.7 Å². The Kier molecular flexibility index (Phi) is 3.57. The van der Waals surface area contributed by atoms with E-state index in [1.54, 1.807) is 6.07 Å². The van der Waals surface area contributed by atoms with Gasteiger partial charge < -0.3 is 10.2 Å². The Morgan fingerprint density at radius 3 is 2.90 bits per heavy atom. The third-order valence-corrected chi connectivity index (χ3v) is 5.33. The van der Waals surface area contributed by atoms with Crippen molar-refractivity contribution in [3.63, 3.8) is 0 Å². The average Bonchev–Trinajstić information content (AvgIpc) is 3.20. The summed E-state index contributed by atoms with van der Waals surface area (Å²) in [6, 6.07) is 2.95. The van der Waals surface area contributed by atoms with Gasteiger partial charge >= 0.3 is 0 Å². The third kappa shape index (κ3) is 2.78. The highest BCUT2D eigenvalue weighted by atomic mass is 19.1. The van der Waals surface area contributed by atoms with Crippen LogP contribution in [-0.4, -0.2) is 23.6 Å². The summed E-state index contributed by atoms with van der Waals surface area (Å²) in [6.45, 7) is 1.83. The van der Waals surface area contributed by atoms with E-state index in [-0.39, 0.29) is 5.82 Å². The molecule has 1 aromatic rings. The van der Waals surface area contributed by atoms with Gasteiger partial charge in [-0.05, 0) is 50.5 Å². The van der Waals surface area contributed by atoms with Crippen molar-refractivity contribution < 1.29 is 4.39 Å². The van der Waals surface area contributed by atoms with Crippen LogP contribution in [0.3, 0.4) is 0 Å². The molecule has 3 fully saturated rings. The van der Waals surface area contributed by atoms with Gasteiger partial charge in [-0.2, -0.15) is 0 Å². The first-order valence-electron chi connectivity index (χ1n) is 8.46. The summed E-state index contributed by atoms with van der Waals surface area (Å²) in [5.74, 6) is 1.64. The summed E-state index contributed by atoms with van der Waals surface area (Å²) in [7, 11) is 0. The molecule has 1 N–H and O–H groups in total. The SMILES string of the molecule is Fc1cnc(N2CCCC3CCCC32)c(CNC2CC2)c1. The van der Waals surface area contributed by atoms with Crippen molar-refractivity contribution in [2.45, 2.75) is 63.6 Å². The zero-order valence-corrected chi connectivity index (χ0v) is 12.5. The molecule has 3 nitrogen and oxygen atoms in total. The fourth-order valence-electron chi connectivity index (χ4n) is 4.12. The van der Waals surface area contributed by atoms with Gasteiger partial charge in [0.25, 0.3) is 0 Å². The van der Waals surface area contributed by atoms with Crippen LogP contribution in [0.15, 0.2) is 12.3 Å². The minimum absolute atomic E-state index is 0.216. The van der Waals surface area contributed by atoms with Crippen LogP contribution in [0.4, 0.5) is 10.2 Å². The maximum atomic E-state index is 13.6. The molecule has 4 rings (SSSR count). The van der Waals surface area contributed by atoms with Crippen molar-refractivity contribution in [3.05, 3.63) is 23.6 Å². The number of nitrogens with zero attached hydrogens (tertiary/aromatic N) is 2. The van der Waals surface area contributed by atoms with E-state index in [0.29, 0.717) is 12.1 Å². The van der Waals surface area contributed by atoms with E-state index in [0.717, 1.165) is 30.4 Å². The molecule has 2 aliphatic carbocycles. The topological polar surface area (TPSA) is 28.2 Å². The highest BCUT2D eigenvalue weighted by Crippen LogP contribution is 2.39. The molecule has 0 aromatic carbocycles. The lowest BCUT2D eigenvalue weighted by atomic mass is 9.91. The minimum atomic E-state index is -0.216. The number of hydrogen-bond donors (Lipinski definition) is 1. The number of anilines is 1. The maximum Gasteiger partial charge on any atom is 0.141 e. The second-order valence-corrected chi connectivity index (χ2v) is 6.89. The highest BCUT2D eigenvalue weighted by molar-refractivity contribution is 5.49. The molecule has 3 aliphatic rings. The Morgan fingerprint density at radius 1 is 1.19 bits per heavy atom. The normalized spacial score (nSPS) is 28.7. The first kappa shape index (κ1) is 13.5. The summed E-state index contributed by atoms with van der Waals surface area (Å²) < 4.78 is 13.6.